The highest BCUT2D eigenvalue weighted by molar-refractivity contribution is 8.00. The average Bonchev–Trinajstić information content (AvgIpc) is 3.00. The molecule has 130 valence electrons. The number of nitrogens with zero attached hydrogens (tertiary/aromatic N) is 3. The number of carbonyl (C=O) groups is 1. The summed E-state index contributed by atoms with van der Waals surface area (Å²) in [6, 6.07) is 17.2. The van der Waals surface area contributed by atoms with E-state index in [2.05, 4.69) is 16.6 Å². The van der Waals surface area contributed by atoms with E-state index in [1.807, 2.05) is 47.2 Å². The number of hydrazone groups is 1. The van der Waals surface area contributed by atoms with E-state index in [0.29, 0.717) is 5.02 Å². The van der Waals surface area contributed by atoms with Crippen molar-refractivity contribution in [2.24, 2.45) is 5.10 Å². The fraction of sp³-hybridized carbons (Fsp3) is 0.105. The van der Waals surface area contributed by atoms with Gasteiger partial charge >= 0.3 is 0 Å². The molecule has 5 nitrogen and oxygen atoms in total. The first kappa shape index (κ1) is 18.1. The van der Waals surface area contributed by atoms with E-state index < -0.39 is 0 Å². The predicted molar refractivity (Wildman–Crippen MR) is 105 cm³/mol. The van der Waals surface area contributed by atoms with Crippen molar-refractivity contribution in [3.05, 3.63) is 65.3 Å². The maximum Gasteiger partial charge on any atom is 0.250 e. The van der Waals surface area contributed by atoms with Gasteiger partial charge in [0, 0.05) is 32.6 Å². The first-order valence-corrected chi connectivity index (χ1v) is 9.19. The molecule has 1 heterocycles. The Morgan fingerprint density at radius 2 is 2.04 bits per heavy atom. The molecule has 0 atom stereocenters. The number of amides is 1. The van der Waals surface area contributed by atoms with Crippen molar-refractivity contribution in [1.29, 1.82) is 5.26 Å². The minimum absolute atomic E-state index is 0.193. The summed E-state index contributed by atoms with van der Waals surface area (Å²) in [5, 5.41) is 14.6. The molecule has 26 heavy (non-hydrogen) atoms. The zero-order valence-electron chi connectivity index (χ0n) is 13.7. The summed E-state index contributed by atoms with van der Waals surface area (Å²) in [7, 11) is 0. The first-order valence-electron chi connectivity index (χ1n) is 7.82. The second-order valence-electron chi connectivity index (χ2n) is 5.42. The molecule has 0 saturated carbocycles. The van der Waals surface area contributed by atoms with Gasteiger partial charge in [-0.3, -0.25) is 4.79 Å². The maximum absolute atomic E-state index is 11.9. The Balaban J connectivity index is 1.61. The second kappa shape index (κ2) is 8.56. The van der Waals surface area contributed by atoms with Gasteiger partial charge in [-0.25, -0.2) is 5.43 Å². The number of hydrogen-bond acceptors (Lipinski definition) is 4. The Morgan fingerprint density at radius 3 is 2.81 bits per heavy atom. The molecule has 0 fully saturated rings. The van der Waals surface area contributed by atoms with Gasteiger partial charge in [-0.2, -0.15) is 10.4 Å². The molecule has 3 rings (SSSR count). The van der Waals surface area contributed by atoms with E-state index in [0.717, 1.165) is 21.4 Å². The number of thioether (sulfide) groups is 1. The third kappa shape index (κ3) is 4.45. The van der Waals surface area contributed by atoms with Crippen LogP contribution >= 0.6 is 23.4 Å². The summed E-state index contributed by atoms with van der Waals surface area (Å²) in [5.74, 6) is 0.0665. The van der Waals surface area contributed by atoms with Crippen molar-refractivity contribution in [2.45, 2.75) is 11.4 Å². The Bertz CT molecular complexity index is 989. The highest BCUT2D eigenvalue weighted by Gasteiger charge is 2.06. The average molecular weight is 383 g/mol. The number of rotatable bonds is 6. The second-order valence-corrected chi connectivity index (χ2v) is 6.91. The predicted octanol–water partition coefficient (Wildman–Crippen LogP) is 4.06. The molecule has 0 bridgehead atoms. The monoisotopic (exact) mass is 382 g/mol. The molecule has 0 saturated heterocycles. The number of benzene rings is 2. The molecular formula is C19H15ClN4OS. The lowest BCUT2D eigenvalue weighted by Crippen LogP contribution is -2.19. The smallest absolute Gasteiger partial charge is 0.250 e. The third-order valence-electron chi connectivity index (χ3n) is 3.64. The molecular weight excluding hydrogens is 368 g/mol. The molecule has 0 aliphatic carbocycles. The molecule has 0 radical (unpaired) electrons. The van der Waals surface area contributed by atoms with Crippen LogP contribution in [0.4, 0.5) is 0 Å². The summed E-state index contributed by atoms with van der Waals surface area (Å²) in [6.45, 7) is 0.262. The van der Waals surface area contributed by atoms with Gasteiger partial charge < -0.3 is 4.57 Å². The highest BCUT2D eigenvalue weighted by Crippen LogP contribution is 2.21. The normalized spacial score (nSPS) is 10.9. The van der Waals surface area contributed by atoms with E-state index in [4.69, 9.17) is 16.9 Å². The lowest BCUT2D eigenvalue weighted by molar-refractivity contribution is -0.118. The lowest BCUT2D eigenvalue weighted by Gasteiger charge is -2.01. The van der Waals surface area contributed by atoms with Crippen LogP contribution in [0, 0.1) is 11.3 Å². The van der Waals surface area contributed by atoms with Gasteiger partial charge in [0.1, 0.15) is 6.54 Å². The number of fused-ring (bicyclic) bond motifs is 1. The molecule has 0 unspecified atom stereocenters. The first-order chi connectivity index (χ1) is 12.7. The quantitative estimate of drug-likeness (QED) is 0.397. The van der Waals surface area contributed by atoms with Crippen molar-refractivity contribution >= 4 is 46.4 Å². The maximum atomic E-state index is 11.9. The van der Waals surface area contributed by atoms with Gasteiger partial charge in [-0.1, -0.05) is 29.8 Å². The van der Waals surface area contributed by atoms with Crippen LogP contribution < -0.4 is 5.43 Å². The minimum Gasteiger partial charge on any atom is -0.333 e. The molecule has 0 aliphatic rings. The van der Waals surface area contributed by atoms with Gasteiger partial charge in [-0.05, 0) is 30.3 Å². The van der Waals surface area contributed by atoms with Crippen LogP contribution in [0.15, 0.2) is 64.7 Å². The molecule has 0 spiro atoms. The Kier molecular flexibility index (Phi) is 5.95. The van der Waals surface area contributed by atoms with Gasteiger partial charge in [0.05, 0.1) is 18.0 Å². The summed E-state index contributed by atoms with van der Waals surface area (Å²) in [5.41, 5.74) is 4.34. The number of halogens is 1. The van der Waals surface area contributed by atoms with E-state index in [1.165, 1.54) is 11.8 Å². The van der Waals surface area contributed by atoms with Crippen LogP contribution in [0.3, 0.4) is 0 Å². The molecule has 0 aliphatic heterocycles. The molecule has 1 N–H and O–H groups in total. The molecule has 1 amide bonds. The van der Waals surface area contributed by atoms with Crippen LogP contribution in [0.5, 0.6) is 0 Å². The number of para-hydroxylation sites is 1. The van der Waals surface area contributed by atoms with Crippen molar-refractivity contribution in [1.82, 2.24) is 9.99 Å². The molecule has 2 aromatic carbocycles. The molecule has 3 aromatic rings. The van der Waals surface area contributed by atoms with Crippen molar-refractivity contribution in [3.63, 3.8) is 0 Å². The standard InChI is InChI=1S/C19H15ClN4OS/c20-15-5-7-16(8-6-15)26-13-19(25)23-22-11-14-12-24(10-9-21)18-4-2-1-3-17(14)18/h1-8,11-12H,10,13H2,(H,23,25)/b22-11-. The zero-order valence-corrected chi connectivity index (χ0v) is 15.3. The van der Waals surface area contributed by atoms with Crippen molar-refractivity contribution in [3.8, 4) is 6.07 Å². The zero-order chi connectivity index (χ0) is 18.4. The highest BCUT2D eigenvalue weighted by atomic mass is 35.5. The summed E-state index contributed by atoms with van der Waals surface area (Å²) < 4.78 is 1.86. The van der Waals surface area contributed by atoms with Crippen LogP contribution in [0.25, 0.3) is 10.9 Å². The van der Waals surface area contributed by atoms with Gasteiger partial charge in [0.2, 0.25) is 5.91 Å². The molecule has 1 aromatic heterocycles. The SMILES string of the molecule is N#CCn1cc(/C=N\NC(=O)CSc2ccc(Cl)cc2)c2ccccc21. The minimum atomic E-state index is -0.193. The van der Waals surface area contributed by atoms with E-state index in [-0.39, 0.29) is 18.2 Å². The largest absolute Gasteiger partial charge is 0.333 e. The summed E-state index contributed by atoms with van der Waals surface area (Å²) in [6.07, 6.45) is 3.45. The van der Waals surface area contributed by atoms with Crippen molar-refractivity contribution in [2.75, 3.05) is 5.75 Å². The van der Waals surface area contributed by atoms with Crippen molar-refractivity contribution < 1.29 is 4.79 Å². The Hall–Kier alpha value is -2.75. The fourth-order valence-corrected chi connectivity index (χ4v) is 3.29. The fourth-order valence-electron chi connectivity index (χ4n) is 2.47. The Morgan fingerprint density at radius 1 is 1.27 bits per heavy atom. The Labute approximate surface area is 160 Å². The van der Waals surface area contributed by atoms with E-state index >= 15 is 0 Å². The molecule has 7 heteroatoms. The number of hydrogen-bond donors (Lipinski definition) is 1. The number of nitriles is 1. The lowest BCUT2D eigenvalue weighted by atomic mass is 10.2. The van der Waals surface area contributed by atoms with Crippen LogP contribution in [0.2, 0.25) is 5.02 Å². The van der Waals surface area contributed by atoms with Gasteiger partial charge in [0.25, 0.3) is 0 Å². The summed E-state index contributed by atoms with van der Waals surface area (Å²) >= 11 is 7.25. The van der Waals surface area contributed by atoms with E-state index in [9.17, 15) is 4.79 Å². The topological polar surface area (TPSA) is 70.2 Å². The van der Waals surface area contributed by atoms with Crippen LogP contribution in [0.1, 0.15) is 5.56 Å². The van der Waals surface area contributed by atoms with Crippen LogP contribution in [-0.2, 0) is 11.3 Å². The van der Waals surface area contributed by atoms with Crippen LogP contribution in [-0.4, -0.2) is 22.4 Å². The number of nitrogens with one attached hydrogen (secondary N) is 1. The summed E-state index contributed by atoms with van der Waals surface area (Å²) in [4.78, 5) is 12.9. The third-order valence-corrected chi connectivity index (χ3v) is 4.90. The number of aromatic nitrogens is 1. The van der Waals surface area contributed by atoms with Gasteiger partial charge in [-0.15, -0.1) is 11.8 Å². The number of carbonyl (C=O) groups excluding carboxylic acids is 1. The van der Waals surface area contributed by atoms with Gasteiger partial charge in [0.15, 0.2) is 0 Å². The van der Waals surface area contributed by atoms with E-state index in [1.54, 1.807) is 18.3 Å².